The average molecular weight is 402 g/mol. The highest BCUT2D eigenvalue weighted by Gasteiger charge is 2.31. The highest BCUT2D eigenvalue weighted by Crippen LogP contribution is 2.34. The summed E-state index contributed by atoms with van der Waals surface area (Å²) in [5.41, 5.74) is 1.68. The molecule has 0 aliphatic carbocycles. The lowest BCUT2D eigenvalue weighted by Gasteiger charge is -2.22. The van der Waals surface area contributed by atoms with E-state index in [0.29, 0.717) is 49.4 Å². The number of hydrogen-bond donors (Lipinski definition) is 1. The van der Waals surface area contributed by atoms with Gasteiger partial charge in [-0.3, -0.25) is 9.69 Å². The Balaban J connectivity index is 1.33. The Bertz CT molecular complexity index is 888. The van der Waals surface area contributed by atoms with E-state index in [9.17, 15) is 9.59 Å². The summed E-state index contributed by atoms with van der Waals surface area (Å²) in [6.07, 6.45) is 0. The summed E-state index contributed by atoms with van der Waals surface area (Å²) in [6, 6.07) is 12.5. The largest absolute Gasteiger partial charge is 0.486 e. The third-order valence-electron chi connectivity index (χ3n) is 4.67. The Labute approximate surface area is 167 Å². The Morgan fingerprint density at radius 2 is 1.79 bits per heavy atom. The van der Waals surface area contributed by atoms with Gasteiger partial charge in [0.25, 0.3) is 0 Å². The highest BCUT2D eigenvalue weighted by molar-refractivity contribution is 6.30. The lowest BCUT2D eigenvalue weighted by atomic mass is 10.2. The monoisotopic (exact) mass is 401 g/mol. The van der Waals surface area contributed by atoms with Crippen LogP contribution in [0.5, 0.6) is 11.5 Å². The van der Waals surface area contributed by atoms with Gasteiger partial charge >= 0.3 is 6.03 Å². The van der Waals surface area contributed by atoms with Gasteiger partial charge in [0.1, 0.15) is 19.8 Å². The summed E-state index contributed by atoms with van der Waals surface area (Å²) in [6.45, 7) is 2.43. The Kier molecular flexibility index (Phi) is 5.25. The van der Waals surface area contributed by atoms with Crippen molar-refractivity contribution < 1.29 is 19.1 Å². The summed E-state index contributed by atoms with van der Waals surface area (Å²) in [5.74, 6) is 1.11. The van der Waals surface area contributed by atoms with Crippen LogP contribution in [0.25, 0.3) is 0 Å². The first-order valence-electron chi connectivity index (χ1n) is 9.07. The smallest absolute Gasteiger partial charge is 0.325 e. The van der Waals surface area contributed by atoms with Crippen molar-refractivity contribution in [2.24, 2.45) is 0 Å². The molecule has 8 heteroatoms. The molecule has 0 aromatic heterocycles. The van der Waals surface area contributed by atoms with Crippen LogP contribution >= 0.6 is 11.6 Å². The Morgan fingerprint density at radius 1 is 1.04 bits per heavy atom. The molecule has 2 aromatic carbocycles. The third-order valence-corrected chi connectivity index (χ3v) is 4.92. The van der Waals surface area contributed by atoms with Gasteiger partial charge in [-0.1, -0.05) is 23.7 Å². The van der Waals surface area contributed by atoms with Crippen LogP contribution in [0, 0.1) is 0 Å². The fourth-order valence-corrected chi connectivity index (χ4v) is 3.33. The maximum absolute atomic E-state index is 12.7. The van der Waals surface area contributed by atoms with E-state index >= 15 is 0 Å². The van der Waals surface area contributed by atoms with E-state index in [1.165, 1.54) is 4.90 Å². The van der Waals surface area contributed by atoms with Gasteiger partial charge < -0.3 is 19.7 Å². The number of carbonyl (C=O) groups excluding carboxylic acids is 2. The minimum atomic E-state index is -0.202. The topological polar surface area (TPSA) is 71.1 Å². The van der Waals surface area contributed by atoms with Crippen LogP contribution in [0.1, 0.15) is 5.56 Å². The molecule has 146 valence electrons. The molecule has 2 heterocycles. The second kappa shape index (κ2) is 7.98. The summed E-state index contributed by atoms with van der Waals surface area (Å²) < 4.78 is 11.1. The number of nitrogens with one attached hydrogen (secondary N) is 1. The number of rotatable bonds is 5. The number of halogens is 1. The molecule has 7 nitrogen and oxygen atoms in total. The van der Waals surface area contributed by atoms with E-state index in [-0.39, 0.29) is 18.5 Å². The zero-order valence-electron chi connectivity index (χ0n) is 15.2. The average Bonchev–Trinajstić information content (AvgIpc) is 3.07. The zero-order valence-corrected chi connectivity index (χ0v) is 15.9. The summed E-state index contributed by atoms with van der Waals surface area (Å²) >= 11 is 5.86. The molecular formula is C20H20ClN3O4. The fraction of sp³-hybridized carbons (Fsp3) is 0.300. The van der Waals surface area contributed by atoms with E-state index in [0.717, 1.165) is 11.3 Å². The molecule has 0 bridgehead atoms. The first-order chi connectivity index (χ1) is 13.6. The Hall–Kier alpha value is -2.93. The van der Waals surface area contributed by atoms with E-state index in [1.807, 2.05) is 18.2 Å². The van der Waals surface area contributed by atoms with Crippen molar-refractivity contribution in [1.82, 2.24) is 10.2 Å². The van der Waals surface area contributed by atoms with E-state index in [1.54, 1.807) is 29.2 Å². The highest BCUT2D eigenvalue weighted by atomic mass is 35.5. The van der Waals surface area contributed by atoms with E-state index in [2.05, 4.69) is 5.32 Å². The van der Waals surface area contributed by atoms with Gasteiger partial charge in [-0.05, 0) is 29.8 Å². The van der Waals surface area contributed by atoms with Crippen LogP contribution < -0.4 is 19.7 Å². The number of carbonyl (C=O) groups is 2. The van der Waals surface area contributed by atoms with Crippen molar-refractivity contribution in [3.63, 3.8) is 0 Å². The van der Waals surface area contributed by atoms with Gasteiger partial charge in [0.05, 0.1) is 0 Å². The van der Waals surface area contributed by atoms with Crippen molar-refractivity contribution in [3.8, 4) is 11.5 Å². The van der Waals surface area contributed by atoms with Crippen LogP contribution in [0.2, 0.25) is 5.02 Å². The number of fused-ring (bicyclic) bond motifs is 1. The third kappa shape index (κ3) is 3.99. The number of ether oxygens (including phenoxy) is 2. The van der Waals surface area contributed by atoms with Crippen molar-refractivity contribution >= 4 is 29.2 Å². The number of benzene rings is 2. The zero-order chi connectivity index (χ0) is 19.5. The lowest BCUT2D eigenvalue weighted by Crippen LogP contribution is -2.39. The standard InChI is InChI=1S/C20H20ClN3O4/c21-15-3-1-14(2-4-15)12-22-19(25)13-23-7-8-24(20(23)26)16-5-6-17-18(11-16)28-10-9-27-17/h1-6,11H,7-10,12-13H2,(H,22,25). The summed E-state index contributed by atoms with van der Waals surface area (Å²) in [5, 5.41) is 3.48. The van der Waals surface area contributed by atoms with Gasteiger partial charge in [-0.25, -0.2) is 4.79 Å². The van der Waals surface area contributed by atoms with E-state index in [4.69, 9.17) is 21.1 Å². The molecule has 2 aromatic rings. The van der Waals surface area contributed by atoms with Gasteiger partial charge in [0.15, 0.2) is 11.5 Å². The molecule has 1 fully saturated rings. The molecule has 0 saturated carbocycles. The fourth-order valence-electron chi connectivity index (χ4n) is 3.20. The maximum atomic E-state index is 12.7. The molecule has 0 spiro atoms. The molecule has 4 rings (SSSR count). The van der Waals surface area contributed by atoms with Crippen molar-refractivity contribution in [3.05, 3.63) is 53.1 Å². The van der Waals surface area contributed by atoms with Crippen molar-refractivity contribution in [1.29, 1.82) is 0 Å². The predicted octanol–water partition coefficient (Wildman–Crippen LogP) is 2.67. The van der Waals surface area contributed by atoms with Crippen LogP contribution in [-0.2, 0) is 11.3 Å². The predicted molar refractivity (Wildman–Crippen MR) is 105 cm³/mol. The normalized spacial score (nSPS) is 15.7. The molecule has 2 aliphatic rings. The van der Waals surface area contributed by atoms with Crippen LogP contribution in [-0.4, -0.2) is 49.7 Å². The second-order valence-corrected chi connectivity index (χ2v) is 7.02. The maximum Gasteiger partial charge on any atom is 0.325 e. The van der Waals surface area contributed by atoms with Crippen molar-refractivity contribution in [2.45, 2.75) is 6.54 Å². The number of urea groups is 1. The molecule has 1 N–H and O–H groups in total. The molecule has 0 radical (unpaired) electrons. The Morgan fingerprint density at radius 3 is 2.57 bits per heavy atom. The number of amides is 3. The molecule has 0 unspecified atom stereocenters. The molecule has 2 aliphatic heterocycles. The minimum absolute atomic E-state index is 0.0213. The first-order valence-corrected chi connectivity index (χ1v) is 9.45. The quantitative estimate of drug-likeness (QED) is 0.836. The summed E-state index contributed by atoms with van der Waals surface area (Å²) in [4.78, 5) is 28.1. The molecule has 3 amide bonds. The lowest BCUT2D eigenvalue weighted by molar-refractivity contribution is -0.121. The molecular weight excluding hydrogens is 382 g/mol. The van der Waals surface area contributed by atoms with Gasteiger partial charge in [0.2, 0.25) is 5.91 Å². The SMILES string of the molecule is O=C(CN1CCN(c2ccc3c(c2)OCCO3)C1=O)NCc1ccc(Cl)cc1. The van der Waals surface area contributed by atoms with Crippen molar-refractivity contribution in [2.75, 3.05) is 37.7 Å². The molecule has 28 heavy (non-hydrogen) atoms. The number of nitrogens with zero attached hydrogens (tertiary/aromatic N) is 2. The van der Waals surface area contributed by atoms with Crippen LogP contribution in [0.4, 0.5) is 10.5 Å². The van der Waals surface area contributed by atoms with Crippen LogP contribution in [0.15, 0.2) is 42.5 Å². The number of anilines is 1. The van der Waals surface area contributed by atoms with Gasteiger partial charge in [-0.15, -0.1) is 0 Å². The number of hydrogen-bond acceptors (Lipinski definition) is 4. The second-order valence-electron chi connectivity index (χ2n) is 6.59. The van der Waals surface area contributed by atoms with E-state index < -0.39 is 0 Å². The van der Waals surface area contributed by atoms with Gasteiger partial charge in [-0.2, -0.15) is 0 Å². The van der Waals surface area contributed by atoms with Gasteiger partial charge in [0, 0.05) is 36.4 Å². The summed E-state index contributed by atoms with van der Waals surface area (Å²) in [7, 11) is 0. The van der Waals surface area contributed by atoms with Crippen LogP contribution in [0.3, 0.4) is 0 Å². The minimum Gasteiger partial charge on any atom is -0.486 e. The molecule has 0 atom stereocenters. The first kappa shape index (κ1) is 18.4. The molecule has 1 saturated heterocycles.